The van der Waals surface area contributed by atoms with Gasteiger partial charge in [0.1, 0.15) is 6.04 Å². The number of hydrogen-bond acceptors (Lipinski definition) is 5. The summed E-state index contributed by atoms with van der Waals surface area (Å²) in [6.07, 6.45) is 5.32. The minimum Gasteiger partial charge on any atom is -0.328 e. The molecule has 3 fully saturated rings. The zero-order valence-electron chi connectivity index (χ0n) is 16.5. The lowest BCUT2D eigenvalue weighted by Gasteiger charge is -2.34. The minimum atomic E-state index is -0.566. The van der Waals surface area contributed by atoms with Crippen molar-refractivity contribution < 1.29 is 14.4 Å². The fourth-order valence-corrected chi connectivity index (χ4v) is 5.97. The van der Waals surface area contributed by atoms with Gasteiger partial charge in [-0.25, -0.2) is 0 Å². The monoisotopic (exact) mass is 396 g/mol. The third-order valence-corrected chi connectivity index (χ3v) is 7.30. The molecule has 2 heterocycles. The number of amides is 3. The number of carbonyl (C=O) groups excluding carboxylic acids is 3. The first kappa shape index (κ1) is 18.8. The van der Waals surface area contributed by atoms with Crippen LogP contribution in [0.15, 0.2) is 18.2 Å². The maximum atomic E-state index is 13.2. The van der Waals surface area contributed by atoms with Crippen LogP contribution in [0.25, 0.3) is 0 Å². The molecule has 4 N–H and O–H groups in total. The topological polar surface area (TPSA) is 105 Å². The Morgan fingerprint density at radius 3 is 2.59 bits per heavy atom. The second-order valence-corrected chi connectivity index (χ2v) is 9.09. The van der Waals surface area contributed by atoms with Crippen LogP contribution in [0.2, 0.25) is 0 Å². The van der Waals surface area contributed by atoms with Crippen LogP contribution in [-0.2, 0) is 22.7 Å². The molecule has 29 heavy (non-hydrogen) atoms. The molecule has 2 aliphatic heterocycles. The Morgan fingerprint density at radius 2 is 1.86 bits per heavy atom. The van der Waals surface area contributed by atoms with Crippen LogP contribution < -0.4 is 16.4 Å². The number of benzene rings is 1. The van der Waals surface area contributed by atoms with Gasteiger partial charge in [-0.2, -0.15) is 0 Å². The van der Waals surface area contributed by atoms with E-state index in [1.807, 2.05) is 18.2 Å². The standard InChI is InChI=1S/C22H28N4O3/c23-16-8-12-4-5-13(9-16)20(12)24-10-14-2-1-3-15-11-26(22(29)19(14)15)17-6-7-18(27)25-21(17)28/h1-3,12-13,16-17,20,24H,4-11,23H2,(H,25,27,28). The third kappa shape index (κ3) is 3.26. The van der Waals surface area contributed by atoms with Gasteiger partial charge in [0.25, 0.3) is 5.91 Å². The molecule has 1 aromatic carbocycles. The quantitative estimate of drug-likeness (QED) is 0.660. The maximum Gasteiger partial charge on any atom is 0.255 e. The van der Waals surface area contributed by atoms with Gasteiger partial charge < -0.3 is 16.0 Å². The van der Waals surface area contributed by atoms with E-state index in [9.17, 15) is 14.4 Å². The summed E-state index contributed by atoms with van der Waals surface area (Å²) in [6, 6.07) is 6.20. The van der Waals surface area contributed by atoms with E-state index >= 15 is 0 Å². The summed E-state index contributed by atoms with van der Waals surface area (Å²) in [6.45, 7) is 1.09. The Bertz CT molecular complexity index is 856. The highest BCUT2D eigenvalue weighted by Gasteiger charge is 2.42. The third-order valence-electron chi connectivity index (χ3n) is 7.30. The Balaban J connectivity index is 1.31. The van der Waals surface area contributed by atoms with Gasteiger partial charge in [-0.05, 0) is 55.1 Å². The Labute approximate surface area is 170 Å². The summed E-state index contributed by atoms with van der Waals surface area (Å²) in [5.41, 5.74) is 8.88. The van der Waals surface area contributed by atoms with E-state index in [4.69, 9.17) is 5.73 Å². The maximum absolute atomic E-state index is 13.2. The SMILES string of the molecule is NC1CC2CCC(C1)C2NCc1cccc2c1C(=O)N(C1CCC(=O)NC1=O)C2. The van der Waals surface area contributed by atoms with Crippen molar-refractivity contribution in [3.8, 4) is 0 Å². The molecule has 0 spiro atoms. The first-order valence-electron chi connectivity index (χ1n) is 10.8. The molecule has 7 heteroatoms. The molecular formula is C22H28N4O3. The van der Waals surface area contributed by atoms with Crippen LogP contribution in [0.5, 0.6) is 0 Å². The van der Waals surface area contributed by atoms with Crippen molar-refractivity contribution in [2.45, 2.75) is 69.7 Å². The number of nitrogens with one attached hydrogen (secondary N) is 2. The van der Waals surface area contributed by atoms with Crippen molar-refractivity contribution in [2.75, 3.05) is 0 Å². The van der Waals surface area contributed by atoms with Gasteiger partial charge in [-0.1, -0.05) is 18.2 Å². The molecule has 0 aromatic heterocycles. The van der Waals surface area contributed by atoms with Gasteiger partial charge in [0.2, 0.25) is 11.8 Å². The zero-order chi connectivity index (χ0) is 20.1. The van der Waals surface area contributed by atoms with Crippen molar-refractivity contribution in [3.05, 3.63) is 34.9 Å². The highest BCUT2D eigenvalue weighted by atomic mass is 16.2. The molecule has 3 amide bonds. The van der Waals surface area contributed by atoms with Crippen LogP contribution in [0.1, 0.15) is 60.0 Å². The number of hydrogen-bond donors (Lipinski definition) is 3. The Hall–Kier alpha value is -2.25. The van der Waals surface area contributed by atoms with Crippen molar-refractivity contribution in [3.63, 3.8) is 0 Å². The molecule has 5 rings (SSSR count). The molecule has 1 aromatic rings. The second kappa shape index (κ2) is 7.22. The summed E-state index contributed by atoms with van der Waals surface area (Å²) in [5, 5.41) is 6.09. The second-order valence-electron chi connectivity index (χ2n) is 9.09. The lowest BCUT2D eigenvalue weighted by Crippen LogP contribution is -2.52. The molecule has 2 aliphatic carbocycles. The fourth-order valence-electron chi connectivity index (χ4n) is 5.97. The summed E-state index contributed by atoms with van der Waals surface area (Å²) in [4.78, 5) is 38.5. The largest absolute Gasteiger partial charge is 0.328 e. The molecule has 154 valence electrons. The van der Waals surface area contributed by atoms with Crippen LogP contribution in [0.3, 0.4) is 0 Å². The van der Waals surface area contributed by atoms with E-state index in [0.29, 0.717) is 43.4 Å². The van der Waals surface area contributed by atoms with Gasteiger partial charge in [0.05, 0.1) is 0 Å². The number of carbonyl (C=O) groups is 3. The van der Waals surface area contributed by atoms with Gasteiger partial charge in [-0.3, -0.25) is 19.7 Å². The smallest absolute Gasteiger partial charge is 0.255 e. The first-order chi connectivity index (χ1) is 14.0. The highest BCUT2D eigenvalue weighted by molar-refractivity contribution is 6.05. The number of piperidine rings is 1. The summed E-state index contributed by atoms with van der Waals surface area (Å²) in [5.74, 6) is 0.548. The van der Waals surface area contributed by atoms with Crippen LogP contribution in [0, 0.1) is 11.8 Å². The summed E-state index contributed by atoms with van der Waals surface area (Å²) < 4.78 is 0. The number of nitrogens with zero attached hydrogens (tertiary/aromatic N) is 1. The van der Waals surface area contributed by atoms with Crippen LogP contribution in [0.4, 0.5) is 0 Å². The molecule has 4 aliphatic rings. The fraction of sp³-hybridized carbons (Fsp3) is 0.591. The average Bonchev–Trinajstić information content (AvgIpc) is 3.14. The number of rotatable bonds is 4. The van der Waals surface area contributed by atoms with Crippen LogP contribution >= 0.6 is 0 Å². The van der Waals surface area contributed by atoms with E-state index in [1.165, 1.54) is 12.8 Å². The Kier molecular flexibility index (Phi) is 4.67. The average molecular weight is 396 g/mol. The van der Waals surface area contributed by atoms with E-state index in [-0.39, 0.29) is 24.1 Å². The Morgan fingerprint density at radius 1 is 1.10 bits per heavy atom. The van der Waals surface area contributed by atoms with E-state index in [2.05, 4.69) is 10.6 Å². The van der Waals surface area contributed by atoms with Gasteiger partial charge in [0.15, 0.2) is 0 Å². The molecule has 0 radical (unpaired) electrons. The van der Waals surface area contributed by atoms with Crippen molar-refractivity contribution >= 4 is 17.7 Å². The number of fused-ring (bicyclic) bond motifs is 3. The molecule has 3 atom stereocenters. The highest BCUT2D eigenvalue weighted by Crippen LogP contribution is 2.42. The minimum absolute atomic E-state index is 0.0967. The van der Waals surface area contributed by atoms with Crippen LogP contribution in [-0.4, -0.2) is 40.7 Å². The summed E-state index contributed by atoms with van der Waals surface area (Å²) in [7, 11) is 0. The van der Waals surface area contributed by atoms with E-state index in [0.717, 1.165) is 29.5 Å². The molecule has 7 nitrogen and oxygen atoms in total. The van der Waals surface area contributed by atoms with Gasteiger partial charge >= 0.3 is 0 Å². The van der Waals surface area contributed by atoms with Gasteiger partial charge in [-0.15, -0.1) is 0 Å². The lowest BCUT2D eigenvalue weighted by molar-refractivity contribution is -0.136. The predicted molar refractivity (Wildman–Crippen MR) is 107 cm³/mol. The van der Waals surface area contributed by atoms with Gasteiger partial charge in [0, 0.05) is 37.2 Å². The lowest BCUT2D eigenvalue weighted by atomic mass is 9.81. The predicted octanol–water partition coefficient (Wildman–Crippen LogP) is 1.05. The molecule has 2 bridgehead atoms. The number of nitrogens with two attached hydrogens (primary N) is 1. The van der Waals surface area contributed by atoms with Crippen molar-refractivity contribution in [1.29, 1.82) is 0 Å². The van der Waals surface area contributed by atoms with E-state index < -0.39 is 6.04 Å². The normalized spacial score (nSPS) is 33.8. The van der Waals surface area contributed by atoms with Crippen molar-refractivity contribution in [2.24, 2.45) is 17.6 Å². The summed E-state index contributed by atoms with van der Waals surface area (Å²) >= 11 is 0. The molecular weight excluding hydrogens is 368 g/mol. The zero-order valence-corrected chi connectivity index (χ0v) is 16.5. The first-order valence-corrected chi connectivity index (χ1v) is 10.8. The van der Waals surface area contributed by atoms with Crippen molar-refractivity contribution in [1.82, 2.24) is 15.5 Å². The molecule has 1 saturated heterocycles. The van der Waals surface area contributed by atoms with E-state index in [1.54, 1.807) is 4.90 Å². The molecule has 2 saturated carbocycles. The number of imide groups is 1. The molecule has 3 unspecified atom stereocenters.